The molecular weight excluding hydrogens is 252 g/mol. The third-order valence-corrected chi connectivity index (χ3v) is 3.23. The monoisotopic (exact) mass is 264 g/mol. The molecule has 18 heavy (non-hydrogen) atoms. The average Bonchev–Trinajstić information content (AvgIpc) is 2.71. The third-order valence-electron chi connectivity index (χ3n) is 2.28. The van der Waals surface area contributed by atoms with Crippen molar-refractivity contribution in [2.24, 2.45) is 4.99 Å². The molecule has 1 heterocycles. The zero-order chi connectivity index (χ0) is 13.0. The largest absolute Gasteiger partial charge is 0.497 e. The van der Waals surface area contributed by atoms with Gasteiger partial charge in [-0.15, -0.1) is 0 Å². The van der Waals surface area contributed by atoms with Crippen molar-refractivity contribution in [3.63, 3.8) is 0 Å². The Morgan fingerprint density at radius 2 is 2.17 bits per heavy atom. The number of aliphatic hydroxyl groups excluding tert-OH is 1. The van der Waals surface area contributed by atoms with Crippen molar-refractivity contribution in [3.8, 4) is 5.75 Å². The van der Waals surface area contributed by atoms with E-state index >= 15 is 0 Å². The van der Waals surface area contributed by atoms with Gasteiger partial charge in [0.1, 0.15) is 12.5 Å². The number of aliphatic hydroxyl groups is 1. The average molecular weight is 264 g/mol. The summed E-state index contributed by atoms with van der Waals surface area (Å²) >= 11 is 1.21. The van der Waals surface area contributed by atoms with Crippen LogP contribution in [0.25, 0.3) is 6.08 Å². The predicted molar refractivity (Wildman–Crippen MR) is 71.2 cm³/mol. The Morgan fingerprint density at radius 3 is 2.78 bits per heavy atom. The molecule has 1 saturated heterocycles. The zero-order valence-corrected chi connectivity index (χ0v) is 10.5. The van der Waals surface area contributed by atoms with Crippen LogP contribution in [0, 0.1) is 0 Å². The van der Waals surface area contributed by atoms with Crippen LogP contribution >= 0.6 is 11.8 Å². The van der Waals surface area contributed by atoms with Crippen LogP contribution in [0.2, 0.25) is 0 Å². The lowest BCUT2D eigenvalue weighted by Gasteiger charge is -1.99. The van der Waals surface area contributed by atoms with Gasteiger partial charge in [0.05, 0.1) is 12.0 Å². The fraction of sp³-hybridized carbons (Fsp3) is 0.167. The summed E-state index contributed by atoms with van der Waals surface area (Å²) in [6, 6.07) is 7.38. The van der Waals surface area contributed by atoms with E-state index in [9.17, 15) is 4.79 Å². The van der Waals surface area contributed by atoms with Gasteiger partial charge in [-0.3, -0.25) is 4.79 Å². The number of nitrogens with zero attached hydrogens (tertiary/aromatic N) is 1. The molecule has 5 nitrogen and oxygen atoms in total. The van der Waals surface area contributed by atoms with Crippen molar-refractivity contribution in [2.75, 3.05) is 13.8 Å². The predicted octanol–water partition coefficient (Wildman–Crippen LogP) is 1.20. The van der Waals surface area contributed by atoms with Crippen LogP contribution in [0.3, 0.4) is 0 Å². The van der Waals surface area contributed by atoms with Gasteiger partial charge in [-0.25, -0.2) is 4.99 Å². The molecule has 0 spiro atoms. The maximum atomic E-state index is 11.6. The molecule has 0 aliphatic carbocycles. The van der Waals surface area contributed by atoms with Gasteiger partial charge >= 0.3 is 0 Å². The number of nitrogens with one attached hydrogen (secondary N) is 1. The van der Waals surface area contributed by atoms with Crippen molar-refractivity contribution in [3.05, 3.63) is 34.7 Å². The molecule has 1 aliphatic rings. The summed E-state index contributed by atoms with van der Waals surface area (Å²) in [7, 11) is 1.60. The Balaban J connectivity index is 2.17. The maximum absolute atomic E-state index is 11.6. The van der Waals surface area contributed by atoms with Gasteiger partial charge in [-0.1, -0.05) is 12.1 Å². The van der Waals surface area contributed by atoms with Crippen molar-refractivity contribution in [1.29, 1.82) is 0 Å². The van der Waals surface area contributed by atoms with E-state index in [2.05, 4.69) is 10.3 Å². The Morgan fingerprint density at radius 1 is 1.44 bits per heavy atom. The number of carbonyl (C=O) groups excluding carboxylic acids is 1. The van der Waals surface area contributed by atoms with Crippen LogP contribution in [0.1, 0.15) is 5.56 Å². The van der Waals surface area contributed by atoms with Crippen LogP contribution in [0.4, 0.5) is 0 Å². The number of ether oxygens (including phenoxy) is 1. The van der Waals surface area contributed by atoms with Crippen LogP contribution in [0.15, 0.2) is 34.2 Å². The highest BCUT2D eigenvalue weighted by Gasteiger charge is 2.23. The van der Waals surface area contributed by atoms with E-state index in [-0.39, 0.29) is 12.6 Å². The first-order valence-corrected chi connectivity index (χ1v) is 6.05. The van der Waals surface area contributed by atoms with Crippen molar-refractivity contribution < 1.29 is 14.6 Å². The van der Waals surface area contributed by atoms with Crippen molar-refractivity contribution >= 4 is 28.9 Å². The molecule has 0 radical (unpaired) electrons. The first-order valence-electron chi connectivity index (χ1n) is 5.23. The maximum Gasteiger partial charge on any atom is 0.264 e. The quantitative estimate of drug-likeness (QED) is 0.805. The van der Waals surface area contributed by atoms with E-state index in [1.165, 1.54) is 11.8 Å². The first kappa shape index (κ1) is 12.7. The molecular formula is C12H12N2O3S. The highest BCUT2D eigenvalue weighted by Crippen LogP contribution is 2.26. The van der Waals surface area contributed by atoms with E-state index in [4.69, 9.17) is 9.84 Å². The summed E-state index contributed by atoms with van der Waals surface area (Å²) in [4.78, 5) is 15.9. The number of rotatable bonds is 3. The van der Waals surface area contributed by atoms with Crippen LogP contribution in [-0.2, 0) is 4.79 Å². The normalized spacial score (nSPS) is 19.3. The van der Waals surface area contributed by atoms with E-state index in [0.29, 0.717) is 10.1 Å². The molecule has 1 amide bonds. The van der Waals surface area contributed by atoms with E-state index in [1.807, 2.05) is 24.3 Å². The second kappa shape index (κ2) is 5.70. The van der Waals surface area contributed by atoms with Gasteiger partial charge in [-0.05, 0) is 35.5 Å². The lowest BCUT2D eigenvalue weighted by molar-refractivity contribution is -0.115. The van der Waals surface area contributed by atoms with Crippen LogP contribution < -0.4 is 10.1 Å². The number of aliphatic imine (C=N–C) groups is 1. The van der Waals surface area contributed by atoms with E-state index < -0.39 is 0 Å². The van der Waals surface area contributed by atoms with Crippen molar-refractivity contribution in [2.45, 2.75) is 0 Å². The molecule has 0 bridgehead atoms. The summed E-state index contributed by atoms with van der Waals surface area (Å²) in [5.74, 6) is 0.561. The Hall–Kier alpha value is -1.79. The van der Waals surface area contributed by atoms with Gasteiger partial charge in [-0.2, -0.15) is 0 Å². The lowest BCUT2D eigenvalue weighted by Crippen LogP contribution is -2.19. The summed E-state index contributed by atoms with van der Waals surface area (Å²) in [6.07, 6.45) is 1.76. The molecule has 0 unspecified atom stereocenters. The third kappa shape index (κ3) is 2.91. The summed E-state index contributed by atoms with van der Waals surface area (Å²) in [5.41, 5.74) is 0.902. The van der Waals surface area contributed by atoms with E-state index in [1.54, 1.807) is 13.2 Å². The molecule has 0 saturated carbocycles. The molecule has 1 aromatic rings. The molecule has 2 rings (SSSR count). The van der Waals surface area contributed by atoms with Crippen LogP contribution in [0.5, 0.6) is 5.75 Å². The minimum absolute atomic E-state index is 0.206. The second-order valence-corrected chi connectivity index (χ2v) is 4.47. The number of amidine groups is 1. The van der Waals surface area contributed by atoms with Gasteiger partial charge in [0, 0.05) is 0 Å². The number of methoxy groups -OCH3 is 1. The minimum Gasteiger partial charge on any atom is -0.497 e. The standard InChI is InChI=1S/C12H12N2O3S/c1-17-9-4-2-8(3-5-9)6-10-11(16)14-12(18-10)13-7-15/h2-6,15H,7H2,1H3,(H,13,14,16)/b10-6+. The molecule has 2 N–H and O–H groups in total. The van der Waals surface area contributed by atoms with Gasteiger partial charge in [0.15, 0.2) is 5.17 Å². The van der Waals surface area contributed by atoms with Gasteiger partial charge in [0.25, 0.3) is 5.91 Å². The number of carbonyl (C=O) groups is 1. The zero-order valence-electron chi connectivity index (χ0n) is 9.71. The summed E-state index contributed by atoms with van der Waals surface area (Å²) in [6.45, 7) is -0.335. The fourth-order valence-corrected chi connectivity index (χ4v) is 2.23. The Labute approximate surface area is 109 Å². The number of thioether (sulfide) groups is 1. The Bertz CT molecular complexity index is 509. The van der Waals surface area contributed by atoms with Gasteiger partial charge in [0.2, 0.25) is 0 Å². The smallest absolute Gasteiger partial charge is 0.264 e. The molecule has 1 aromatic carbocycles. The molecule has 1 aliphatic heterocycles. The number of amides is 1. The summed E-state index contributed by atoms with van der Waals surface area (Å²) < 4.78 is 5.06. The highest BCUT2D eigenvalue weighted by atomic mass is 32.2. The summed E-state index contributed by atoms with van der Waals surface area (Å²) in [5, 5.41) is 11.6. The molecule has 1 fully saturated rings. The SMILES string of the molecule is COc1ccc(/C=C2/S/C(=N\CO)NC2=O)cc1. The number of benzene rings is 1. The Kier molecular flexibility index (Phi) is 4.01. The number of hydrogen-bond acceptors (Lipinski definition) is 5. The van der Waals surface area contributed by atoms with Crippen LogP contribution in [-0.4, -0.2) is 30.0 Å². The van der Waals surface area contributed by atoms with Gasteiger partial charge < -0.3 is 15.2 Å². The van der Waals surface area contributed by atoms with Crippen molar-refractivity contribution in [1.82, 2.24) is 5.32 Å². The topological polar surface area (TPSA) is 70.9 Å². The minimum atomic E-state index is -0.335. The molecule has 94 valence electrons. The molecule has 0 aromatic heterocycles. The number of hydrogen-bond donors (Lipinski definition) is 2. The lowest BCUT2D eigenvalue weighted by atomic mass is 10.2. The fourth-order valence-electron chi connectivity index (χ4n) is 1.42. The highest BCUT2D eigenvalue weighted by molar-refractivity contribution is 8.18. The van der Waals surface area contributed by atoms with E-state index in [0.717, 1.165) is 11.3 Å². The molecule has 6 heteroatoms. The first-order chi connectivity index (χ1) is 8.72. The molecule has 0 atom stereocenters. The second-order valence-electron chi connectivity index (χ2n) is 3.44.